The van der Waals surface area contributed by atoms with Crippen LogP contribution in [0.2, 0.25) is 0 Å². The van der Waals surface area contributed by atoms with Crippen LogP contribution in [0.1, 0.15) is 56.5 Å². The molecule has 0 spiro atoms. The number of aromatic nitrogens is 1. The van der Waals surface area contributed by atoms with Crippen molar-refractivity contribution in [1.82, 2.24) is 10.3 Å². The van der Waals surface area contributed by atoms with Crippen molar-refractivity contribution < 1.29 is 14.7 Å². The lowest BCUT2D eigenvalue weighted by Gasteiger charge is -2.19. The number of rotatable bonds is 5. The van der Waals surface area contributed by atoms with Crippen molar-refractivity contribution in [3.63, 3.8) is 0 Å². The van der Waals surface area contributed by atoms with E-state index in [1.165, 1.54) is 11.3 Å². The van der Waals surface area contributed by atoms with Gasteiger partial charge in [-0.15, -0.1) is 11.3 Å². The number of hydrogen-bond acceptors (Lipinski definition) is 4. The molecule has 2 atom stereocenters. The second-order valence-electron chi connectivity index (χ2n) is 5.96. The molecule has 112 valence electrons. The molecule has 0 aliphatic rings. The molecule has 1 rings (SSSR count). The predicted molar refractivity (Wildman–Crippen MR) is 79.2 cm³/mol. The molecule has 1 aromatic rings. The Kier molecular flexibility index (Phi) is 5.28. The molecular weight excluding hydrogens is 276 g/mol. The lowest BCUT2D eigenvalue weighted by atomic mass is 9.98. The molecular formula is C14H22N2O3S. The van der Waals surface area contributed by atoms with Crippen molar-refractivity contribution in [2.75, 3.05) is 0 Å². The van der Waals surface area contributed by atoms with Crippen molar-refractivity contribution in [2.45, 2.75) is 52.5 Å². The monoisotopic (exact) mass is 298 g/mol. The van der Waals surface area contributed by atoms with E-state index in [0.29, 0.717) is 6.42 Å². The van der Waals surface area contributed by atoms with Crippen molar-refractivity contribution in [3.05, 3.63) is 16.1 Å². The highest BCUT2D eigenvalue weighted by Gasteiger charge is 2.27. The number of carbonyl (C=O) groups excluding carboxylic acids is 1. The molecule has 2 unspecified atom stereocenters. The van der Waals surface area contributed by atoms with Crippen LogP contribution in [0, 0.1) is 5.92 Å². The smallest absolute Gasteiger partial charge is 0.326 e. The highest BCUT2D eigenvalue weighted by atomic mass is 32.1. The van der Waals surface area contributed by atoms with Gasteiger partial charge in [0.25, 0.3) is 5.91 Å². The first-order chi connectivity index (χ1) is 9.16. The Bertz CT molecular complexity index is 491. The van der Waals surface area contributed by atoms with Gasteiger partial charge < -0.3 is 10.4 Å². The number of thiazole rings is 1. The third-order valence-corrected chi connectivity index (χ3v) is 4.41. The fourth-order valence-electron chi connectivity index (χ4n) is 1.62. The summed E-state index contributed by atoms with van der Waals surface area (Å²) in [6, 6.07) is -0.882. The normalized spacial score (nSPS) is 14.7. The van der Waals surface area contributed by atoms with E-state index in [2.05, 4.69) is 10.3 Å². The maximum atomic E-state index is 12.1. The van der Waals surface area contributed by atoms with E-state index in [1.807, 2.05) is 27.7 Å². The summed E-state index contributed by atoms with van der Waals surface area (Å²) in [4.78, 5) is 27.6. The Morgan fingerprint density at radius 1 is 1.45 bits per heavy atom. The predicted octanol–water partition coefficient (Wildman–Crippen LogP) is 2.67. The van der Waals surface area contributed by atoms with Gasteiger partial charge in [0.2, 0.25) is 0 Å². The Labute approximate surface area is 123 Å². The number of carboxylic acid groups (broad SMARTS) is 1. The molecule has 0 aromatic carbocycles. The van der Waals surface area contributed by atoms with Crippen LogP contribution in [0.4, 0.5) is 0 Å². The van der Waals surface area contributed by atoms with Crippen LogP contribution in [-0.2, 0) is 10.2 Å². The summed E-state index contributed by atoms with van der Waals surface area (Å²) in [7, 11) is 0. The number of carbonyl (C=O) groups is 2. The van der Waals surface area contributed by atoms with Crippen LogP contribution in [0.25, 0.3) is 0 Å². The molecule has 6 heteroatoms. The lowest BCUT2D eigenvalue weighted by Crippen LogP contribution is -2.45. The van der Waals surface area contributed by atoms with E-state index in [0.717, 1.165) is 5.01 Å². The van der Waals surface area contributed by atoms with Crippen molar-refractivity contribution in [2.24, 2.45) is 5.92 Å². The number of aliphatic carboxylic acids is 1. The third-order valence-electron chi connectivity index (χ3n) is 3.14. The van der Waals surface area contributed by atoms with Gasteiger partial charge in [-0.05, 0) is 5.92 Å². The molecule has 0 saturated heterocycles. The van der Waals surface area contributed by atoms with Gasteiger partial charge in [-0.3, -0.25) is 4.79 Å². The van der Waals surface area contributed by atoms with Crippen LogP contribution in [0.3, 0.4) is 0 Å². The summed E-state index contributed by atoms with van der Waals surface area (Å²) in [5, 5.41) is 14.3. The summed E-state index contributed by atoms with van der Waals surface area (Å²) in [6.07, 6.45) is 0.682. The van der Waals surface area contributed by atoms with Crippen LogP contribution in [0.5, 0.6) is 0 Å². The number of nitrogens with one attached hydrogen (secondary N) is 1. The Balaban J connectivity index is 2.85. The molecule has 0 aliphatic heterocycles. The van der Waals surface area contributed by atoms with Crippen LogP contribution < -0.4 is 5.32 Å². The molecule has 0 fully saturated rings. The summed E-state index contributed by atoms with van der Waals surface area (Å²) >= 11 is 1.42. The van der Waals surface area contributed by atoms with Crippen molar-refractivity contribution in [3.8, 4) is 0 Å². The molecule has 1 aromatic heterocycles. The molecule has 0 radical (unpaired) electrons. The van der Waals surface area contributed by atoms with E-state index in [4.69, 9.17) is 0 Å². The number of nitrogens with zero attached hydrogens (tertiary/aromatic N) is 1. The van der Waals surface area contributed by atoms with Gasteiger partial charge in [0.15, 0.2) is 0 Å². The fraction of sp³-hybridized carbons (Fsp3) is 0.643. The summed E-state index contributed by atoms with van der Waals surface area (Å²) in [5.41, 5.74) is 0.168. The molecule has 0 bridgehead atoms. The average Bonchev–Trinajstić information content (AvgIpc) is 2.83. The fourth-order valence-corrected chi connectivity index (χ4v) is 2.51. The number of amides is 1. The highest BCUT2D eigenvalue weighted by molar-refractivity contribution is 7.10. The highest BCUT2D eigenvalue weighted by Crippen LogP contribution is 2.25. The topological polar surface area (TPSA) is 79.3 Å². The quantitative estimate of drug-likeness (QED) is 0.876. The molecule has 2 N–H and O–H groups in total. The summed E-state index contributed by atoms with van der Waals surface area (Å²) in [5.74, 6) is -1.57. The lowest BCUT2D eigenvalue weighted by molar-refractivity contribution is -0.140. The minimum absolute atomic E-state index is 0.119. The molecule has 5 nitrogen and oxygen atoms in total. The Hall–Kier alpha value is -1.43. The Morgan fingerprint density at radius 3 is 2.45 bits per heavy atom. The molecule has 1 amide bonds. The second kappa shape index (κ2) is 6.35. The van der Waals surface area contributed by atoms with Crippen LogP contribution in [0.15, 0.2) is 5.38 Å². The van der Waals surface area contributed by atoms with E-state index >= 15 is 0 Å². The average molecular weight is 298 g/mol. The van der Waals surface area contributed by atoms with Crippen LogP contribution in [-0.4, -0.2) is 28.0 Å². The minimum Gasteiger partial charge on any atom is -0.480 e. The zero-order valence-electron chi connectivity index (χ0n) is 12.6. The van der Waals surface area contributed by atoms with Gasteiger partial charge in [0, 0.05) is 10.8 Å². The molecule has 0 saturated carbocycles. The molecule has 0 aliphatic carbocycles. The maximum Gasteiger partial charge on any atom is 0.326 e. The van der Waals surface area contributed by atoms with Crippen LogP contribution >= 0.6 is 11.3 Å². The maximum absolute atomic E-state index is 12.1. The van der Waals surface area contributed by atoms with E-state index < -0.39 is 17.9 Å². The van der Waals surface area contributed by atoms with Gasteiger partial charge >= 0.3 is 5.97 Å². The van der Waals surface area contributed by atoms with Crippen molar-refractivity contribution >= 4 is 23.2 Å². The largest absolute Gasteiger partial charge is 0.480 e. The van der Waals surface area contributed by atoms with Gasteiger partial charge in [-0.2, -0.15) is 0 Å². The van der Waals surface area contributed by atoms with Gasteiger partial charge in [0.1, 0.15) is 11.7 Å². The zero-order valence-corrected chi connectivity index (χ0v) is 13.4. The Morgan fingerprint density at radius 2 is 2.05 bits per heavy atom. The first kappa shape index (κ1) is 16.6. The summed E-state index contributed by atoms with van der Waals surface area (Å²) in [6.45, 7) is 9.76. The zero-order chi connectivity index (χ0) is 15.5. The SMILES string of the molecule is CCC(C)C(NC(=O)c1csc(C(C)(C)C)n1)C(=O)O. The third kappa shape index (κ3) is 4.03. The van der Waals surface area contributed by atoms with Crippen molar-refractivity contribution in [1.29, 1.82) is 0 Å². The standard InChI is InChI=1S/C14H22N2O3S/c1-6-8(2)10(12(18)19)16-11(17)9-7-20-13(15-9)14(3,4)5/h7-8,10H,6H2,1-5H3,(H,16,17)(H,18,19). The minimum atomic E-state index is -1.01. The van der Waals surface area contributed by atoms with E-state index in [9.17, 15) is 14.7 Å². The first-order valence-corrected chi connectivity index (χ1v) is 7.54. The van der Waals surface area contributed by atoms with E-state index in [1.54, 1.807) is 12.3 Å². The van der Waals surface area contributed by atoms with E-state index in [-0.39, 0.29) is 17.0 Å². The number of carboxylic acids is 1. The number of hydrogen-bond donors (Lipinski definition) is 2. The van der Waals surface area contributed by atoms with Gasteiger partial charge in [-0.1, -0.05) is 41.0 Å². The first-order valence-electron chi connectivity index (χ1n) is 6.66. The summed E-state index contributed by atoms with van der Waals surface area (Å²) < 4.78 is 0. The molecule has 20 heavy (non-hydrogen) atoms. The molecule has 1 heterocycles. The van der Waals surface area contributed by atoms with Gasteiger partial charge in [-0.25, -0.2) is 9.78 Å². The second-order valence-corrected chi connectivity index (χ2v) is 6.82. The van der Waals surface area contributed by atoms with Gasteiger partial charge in [0.05, 0.1) is 5.01 Å².